The minimum absolute atomic E-state index is 0.267. The van der Waals surface area contributed by atoms with E-state index >= 15 is 0 Å². The predicted octanol–water partition coefficient (Wildman–Crippen LogP) is 2.17. The highest BCUT2D eigenvalue weighted by atomic mass is 79.9. The number of hydrogen-bond donors (Lipinski definition) is 0. The molecule has 1 atom stereocenters. The quantitative estimate of drug-likeness (QED) is 0.717. The molecule has 0 amide bonds. The van der Waals surface area contributed by atoms with Crippen molar-refractivity contribution >= 4 is 25.8 Å². The van der Waals surface area contributed by atoms with Gasteiger partial charge in [0.25, 0.3) is 0 Å². The van der Waals surface area contributed by atoms with Crippen LogP contribution >= 0.6 is 15.9 Å². The monoisotopic (exact) mass is 260 g/mol. The van der Waals surface area contributed by atoms with E-state index in [0.717, 1.165) is 10.0 Å². The molecule has 0 aromatic heterocycles. The van der Waals surface area contributed by atoms with Gasteiger partial charge in [0.05, 0.1) is 10.1 Å². The molecule has 13 heavy (non-hydrogen) atoms. The molecule has 0 unspecified atom stereocenters. The molecular weight excluding hydrogens is 252 g/mol. The lowest BCUT2D eigenvalue weighted by Crippen LogP contribution is -2.11. The van der Waals surface area contributed by atoms with Crippen LogP contribution in [0.4, 0.5) is 0 Å². The van der Waals surface area contributed by atoms with Crippen LogP contribution in [0.2, 0.25) is 0 Å². The summed E-state index contributed by atoms with van der Waals surface area (Å²) in [7, 11) is -3.02. The van der Waals surface area contributed by atoms with Gasteiger partial charge in [-0.15, -0.1) is 0 Å². The Bertz CT molecular complexity index is 451. The Morgan fingerprint density at radius 3 is 2.85 bits per heavy atom. The molecule has 0 radical (unpaired) electrons. The van der Waals surface area contributed by atoms with E-state index in [0.29, 0.717) is 11.3 Å². The van der Waals surface area contributed by atoms with Crippen molar-refractivity contribution in [2.45, 2.75) is 23.5 Å². The molecular formula is C9H9BrO2S. The minimum Gasteiger partial charge on any atom is -0.223 e. The van der Waals surface area contributed by atoms with Gasteiger partial charge in [0.2, 0.25) is 0 Å². The predicted molar refractivity (Wildman–Crippen MR) is 54.5 cm³/mol. The van der Waals surface area contributed by atoms with Crippen LogP contribution in [0, 0.1) is 0 Å². The number of rotatable bonds is 0. The van der Waals surface area contributed by atoms with E-state index in [1.807, 2.05) is 6.07 Å². The van der Waals surface area contributed by atoms with Gasteiger partial charge >= 0.3 is 0 Å². The van der Waals surface area contributed by atoms with Gasteiger partial charge in [0, 0.05) is 4.47 Å². The number of sulfone groups is 1. The third-order valence-electron chi connectivity index (χ3n) is 2.37. The third-order valence-corrected chi connectivity index (χ3v) is 5.10. The first kappa shape index (κ1) is 9.21. The van der Waals surface area contributed by atoms with Crippen molar-refractivity contribution in [1.29, 1.82) is 0 Å². The molecule has 0 saturated carbocycles. The van der Waals surface area contributed by atoms with Gasteiger partial charge < -0.3 is 0 Å². The summed E-state index contributed by atoms with van der Waals surface area (Å²) in [4.78, 5) is 0.503. The first-order chi connectivity index (χ1) is 6.01. The van der Waals surface area contributed by atoms with Crippen molar-refractivity contribution in [3.63, 3.8) is 0 Å². The van der Waals surface area contributed by atoms with Crippen LogP contribution in [0.3, 0.4) is 0 Å². The fraction of sp³-hybridized carbons (Fsp3) is 0.333. The molecule has 2 nitrogen and oxygen atoms in total. The maximum atomic E-state index is 11.7. The normalized spacial score (nSPS) is 24.3. The molecule has 0 saturated heterocycles. The van der Waals surface area contributed by atoms with Crippen LogP contribution in [0.25, 0.3) is 0 Å². The van der Waals surface area contributed by atoms with E-state index in [1.54, 1.807) is 19.1 Å². The van der Waals surface area contributed by atoms with Crippen LogP contribution in [0.1, 0.15) is 12.5 Å². The standard InChI is InChI=1S/C9H9BrO2S/c1-6-4-7-5-8(10)2-3-9(7)13(6,11)12/h2-3,5-6H,4H2,1H3/t6-/m0/s1. The average Bonchev–Trinajstić information content (AvgIpc) is 2.23. The van der Waals surface area contributed by atoms with Crippen LogP contribution in [-0.2, 0) is 16.3 Å². The van der Waals surface area contributed by atoms with Gasteiger partial charge in [-0.2, -0.15) is 0 Å². The van der Waals surface area contributed by atoms with Crippen LogP contribution in [0.15, 0.2) is 27.6 Å². The molecule has 1 aromatic rings. The van der Waals surface area contributed by atoms with Gasteiger partial charge in [-0.3, -0.25) is 0 Å². The molecule has 2 rings (SSSR count). The highest BCUT2D eigenvalue weighted by Crippen LogP contribution is 2.32. The second-order valence-electron chi connectivity index (χ2n) is 3.31. The molecule has 0 spiro atoms. The van der Waals surface area contributed by atoms with E-state index in [1.165, 1.54) is 0 Å². The summed E-state index contributed by atoms with van der Waals surface area (Å²) < 4.78 is 24.3. The van der Waals surface area contributed by atoms with Crippen LogP contribution < -0.4 is 0 Å². The molecule has 0 fully saturated rings. The topological polar surface area (TPSA) is 34.1 Å². The lowest BCUT2D eigenvalue weighted by atomic mass is 10.1. The maximum absolute atomic E-state index is 11.7. The Balaban J connectivity index is 2.69. The largest absolute Gasteiger partial charge is 0.223 e. The smallest absolute Gasteiger partial charge is 0.181 e. The van der Waals surface area contributed by atoms with Crippen molar-refractivity contribution in [2.24, 2.45) is 0 Å². The fourth-order valence-electron chi connectivity index (χ4n) is 1.62. The number of fused-ring (bicyclic) bond motifs is 1. The zero-order chi connectivity index (χ0) is 9.64. The Kier molecular flexibility index (Phi) is 2.00. The summed E-state index contributed by atoms with van der Waals surface area (Å²) >= 11 is 3.33. The van der Waals surface area contributed by atoms with Crippen LogP contribution in [0.5, 0.6) is 0 Å². The summed E-state index contributed by atoms with van der Waals surface area (Å²) in [6.45, 7) is 1.75. The van der Waals surface area contributed by atoms with E-state index in [-0.39, 0.29) is 5.25 Å². The SMILES string of the molecule is C[C@H]1Cc2cc(Br)ccc2S1(=O)=O. The van der Waals surface area contributed by atoms with Gasteiger partial charge in [0.1, 0.15) is 0 Å². The zero-order valence-corrected chi connectivity index (χ0v) is 9.52. The Labute approximate surface area is 86.0 Å². The molecule has 0 aliphatic carbocycles. The van der Waals surface area contributed by atoms with Crippen molar-refractivity contribution in [2.75, 3.05) is 0 Å². The summed E-state index contributed by atoms with van der Waals surface area (Å²) in [5.74, 6) is 0. The second kappa shape index (κ2) is 2.82. The van der Waals surface area contributed by atoms with Crippen molar-refractivity contribution in [3.8, 4) is 0 Å². The zero-order valence-electron chi connectivity index (χ0n) is 7.12. The van der Waals surface area contributed by atoms with Gasteiger partial charge in [-0.05, 0) is 37.1 Å². The van der Waals surface area contributed by atoms with Crippen molar-refractivity contribution < 1.29 is 8.42 Å². The summed E-state index contributed by atoms with van der Waals surface area (Å²) in [6.07, 6.45) is 0.636. The van der Waals surface area contributed by atoms with Gasteiger partial charge in [-0.25, -0.2) is 8.42 Å². The molecule has 70 valence electrons. The fourth-order valence-corrected chi connectivity index (χ4v) is 3.63. The van der Waals surface area contributed by atoms with Gasteiger partial charge in [-0.1, -0.05) is 15.9 Å². The Morgan fingerprint density at radius 2 is 2.15 bits per heavy atom. The lowest BCUT2D eigenvalue weighted by Gasteiger charge is -1.99. The maximum Gasteiger partial charge on any atom is 0.181 e. The average molecular weight is 261 g/mol. The molecule has 4 heteroatoms. The van der Waals surface area contributed by atoms with Crippen LogP contribution in [-0.4, -0.2) is 13.7 Å². The molecule has 0 bridgehead atoms. The molecule has 1 aromatic carbocycles. The summed E-state index contributed by atoms with van der Waals surface area (Å²) in [5, 5.41) is -0.267. The Morgan fingerprint density at radius 1 is 1.46 bits per heavy atom. The molecule has 0 N–H and O–H groups in total. The lowest BCUT2D eigenvalue weighted by molar-refractivity contribution is 0.590. The number of benzene rings is 1. The van der Waals surface area contributed by atoms with Gasteiger partial charge in [0.15, 0.2) is 9.84 Å². The van der Waals surface area contributed by atoms with Crippen molar-refractivity contribution in [3.05, 3.63) is 28.2 Å². The van der Waals surface area contributed by atoms with E-state index in [2.05, 4.69) is 15.9 Å². The van der Waals surface area contributed by atoms with Crippen molar-refractivity contribution in [1.82, 2.24) is 0 Å². The first-order valence-corrected chi connectivity index (χ1v) is 6.38. The number of halogens is 1. The molecule has 1 aliphatic rings. The highest BCUT2D eigenvalue weighted by molar-refractivity contribution is 9.10. The summed E-state index contributed by atoms with van der Waals surface area (Å²) in [5.41, 5.74) is 0.932. The first-order valence-electron chi connectivity index (χ1n) is 4.04. The molecule has 1 heterocycles. The summed E-state index contributed by atoms with van der Waals surface area (Å²) in [6, 6.07) is 5.34. The second-order valence-corrected chi connectivity index (χ2v) is 6.56. The third kappa shape index (κ3) is 1.32. The Hall–Kier alpha value is -0.350. The van der Waals surface area contributed by atoms with E-state index in [4.69, 9.17) is 0 Å². The molecule has 1 aliphatic heterocycles. The van der Waals surface area contributed by atoms with E-state index < -0.39 is 9.84 Å². The van der Waals surface area contributed by atoms with E-state index in [9.17, 15) is 8.42 Å². The minimum atomic E-state index is -3.02. The number of hydrogen-bond acceptors (Lipinski definition) is 2. The highest BCUT2D eigenvalue weighted by Gasteiger charge is 2.33.